The highest BCUT2D eigenvalue weighted by Crippen LogP contribution is 2.19. The van der Waals surface area contributed by atoms with Crippen LogP contribution in [-0.2, 0) is 16.0 Å². The molecule has 0 aliphatic heterocycles. The van der Waals surface area contributed by atoms with Crippen LogP contribution in [0.4, 0.5) is 0 Å². The quantitative estimate of drug-likeness (QED) is 0.644. The van der Waals surface area contributed by atoms with E-state index in [1.807, 2.05) is 54.6 Å². The predicted octanol–water partition coefficient (Wildman–Crippen LogP) is 4.13. The molecular formula is C23H23NO3. The summed E-state index contributed by atoms with van der Waals surface area (Å²) in [5.41, 5.74) is 1.77. The average molecular weight is 361 g/mol. The zero-order valence-electron chi connectivity index (χ0n) is 15.4. The van der Waals surface area contributed by atoms with E-state index in [1.165, 1.54) is 12.7 Å². The Morgan fingerprint density at radius 3 is 2.41 bits per heavy atom. The van der Waals surface area contributed by atoms with Crippen molar-refractivity contribution in [2.45, 2.75) is 25.3 Å². The molecule has 4 heteroatoms. The lowest BCUT2D eigenvalue weighted by atomic mass is 10.0. The average Bonchev–Trinajstić information content (AvgIpc) is 2.72. The minimum atomic E-state index is -0.662. The van der Waals surface area contributed by atoms with Gasteiger partial charge in [-0.05, 0) is 41.7 Å². The maximum Gasteiger partial charge on any atom is 0.328 e. The number of esters is 1. The molecule has 4 nitrogen and oxygen atoms in total. The van der Waals surface area contributed by atoms with Gasteiger partial charge in [0, 0.05) is 5.56 Å². The van der Waals surface area contributed by atoms with Crippen LogP contribution in [0.1, 0.15) is 28.8 Å². The number of rotatable bonds is 7. The number of fused-ring (bicyclic) bond motifs is 1. The summed E-state index contributed by atoms with van der Waals surface area (Å²) in [4.78, 5) is 25.0. The molecule has 0 heterocycles. The van der Waals surface area contributed by atoms with Gasteiger partial charge in [0.05, 0.1) is 7.11 Å². The Kier molecular flexibility index (Phi) is 6.21. The molecule has 0 aliphatic rings. The molecule has 3 rings (SSSR count). The molecule has 0 aromatic heterocycles. The Hall–Kier alpha value is -3.14. The third-order valence-electron chi connectivity index (χ3n) is 4.63. The largest absolute Gasteiger partial charge is 0.467 e. The first kappa shape index (κ1) is 18.6. The summed E-state index contributed by atoms with van der Waals surface area (Å²) in [5.74, 6) is -0.682. The fourth-order valence-electron chi connectivity index (χ4n) is 3.21. The van der Waals surface area contributed by atoms with E-state index in [4.69, 9.17) is 4.74 Å². The smallest absolute Gasteiger partial charge is 0.328 e. The summed E-state index contributed by atoms with van der Waals surface area (Å²) >= 11 is 0. The van der Waals surface area contributed by atoms with Crippen LogP contribution < -0.4 is 5.32 Å². The number of methoxy groups -OCH3 is 1. The van der Waals surface area contributed by atoms with E-state index in [0.29, 0.717) is 12.0 Å². The molecule has 138 valence electrons. The Balaban J connectivity index is 1.70. The molecule has 1 amide bonds. The molecule has 1 N–H and O–H groups in total. The number of hydrogen-bond acceptors (Lipinski definition) is 3. The van der Waals surface area contributed by atoms with Crippen molar-refractivity contribution in [3.8, 4) is 0 Å². The number of carbonyl (C=O) groups is 2. The van der Waals surface area contributed by atoms with Gasteiger partial charge in [0.15, 0.2) is 0 Å². The molecule has 0 aliphatic carbocycles. The normalized spacial score (nSPS) is 11.7. The number of ether oxygens (including phenoxy) is 1. The molecule has 0 saturated carbocycles. The van der Waals surface area contributed by atoms with Gasteiger partial charge in [-0.3, -0.25) is 4.79 Å². The van der Waals surface area contributed by atoms with Gasteiger partial charge in [-0.1, -0.05) is 66.7 Å². The molecule has 3 aromatic carbocycles. The Bertz CT molecular complexity index is 916. The summed E-state index contributed by atoms with van der Waals surface area (Å²) in [6.07, 6.45) is 2.15. The number of carbonyl (C=O) groups excluding carboxylic acids is 2. The van der Waals surface area contributed by atoms with Crippen LogP contribution in [0.15, 0.2) is 72.8 Å². The summed E-state index contributed by atoms with van der Waals surface area (Å²) in [6, 6.07) is 22.7. The lowest BCUT2D eigenvalue weighted by molar-refractivity contribution is -0.143. The van der Waals surface area contributed by atoms with E-state index >= 15 is 0 Å². The van der Waals surface area contributed by atoms with Crippen molar-refractivity contribution in [2.75, 3.05) is 7.11 Å². The van der Waals surface area contributed by atoms with Crippen molar-refractivity contribution in [2.24, 2.45) is 0 Å². The summed E-state index contributed by atoms with van der Waals surface area (Å²) < 4.78 is 4.89. The summed E-state index contributed by atoms with van der Waals surface area (Å²) in [7, 11) is 1.34. The second-order valence-corrected chi connectivity index (χ2v) is 6.45. The topological polar surface area (TPSA) is 55.4 Å². The van der Waals surface area contributed by atoms with Crippen LogP contribution in [-0.4, -0.2) is 25.0 Å². The fraction of sp³-hybridized carbons (Fsp3) is 0.217. The van der Waals surface area contributed by atoms with E-state index in [9.17, 15) is 9.59 Å². The summed E-state index contributed by atoms with van der Waals surface area (Å²) in [6.45, 7) is 0. The van der Waals surface area contributed by atoms with Gasteiger partial charge in [-0.15, -0.1) is 0 Å². The van der Waals surface area contributed by atoms with E-state index in [0.717, 1.165) is 23.6 Å². The highest BCUT2D eigenvalue weighted by molar-refractivity contribution is 6.07. The number of benzene rings is 3. The van der Waals surface area contributed by atoms with Crippen molar-refractivity contribution in [1.82, 2.24) is 5.32 Å². The Labute approximate surface area is 159 Å². The lowest BCUT2D eigenvalue weighted by Gasteiger charge is -2.17. The van der Waals surface area contributed by atoms with Crippen molar-refractivity contribution in [3.63, 3.8) is 0 Å². The van der Waals surface area contributed by atoms with Crippen LogP contribution in [0.25, 0.3) is 10.8 Å². The van der Waals surface area contributed by atoms with Gasteiger partial charge in [0.25, 0.3) is 5.91 Å². The standard InChI is InChI=1S/C23H23NO3/c1-27-23(26)21(16-7-11-17-9-3-2-4-10-17)24-22(25)20-15-8-13-18-12-5-6-14-19(18)20/h2-6,8-10,12-15,21H,7,11,16H2,1H3,(H,24,25)/t21-/m0/s1. The predicted molar refractivity (Wildman–Crippen MR) is 107 cm³/mol. The molecule has 1 atom stereocenters. The van der Waals surface area contributed by atoms with E-state index < -0.39 is 12.0 Å². The minimum absolute atomic E-state index is 0.262. The van der Waals surface area contributed by atoms with Crippen molar-refractivity contribution in [3.05, 3.63) is 83.9 Å². The monoisotopic (exact) mass is 361 g/mol. The first-order chi connectivity index (χ1) is 13.2. The number of nitrogens with one attached hydrogen (secondary N) is 1. The molecule has 3 aromatic rings. The van der Waals surface area contributed by atoms with Crippen LogP contribution in [0.5, 0.6) is 0 Å². The van der Waals surface area contributed by atoms with E-state index in [2.05, 4.69) is 17.4 Å². The van der Waals surface area contributed by atoms with Crippen molar-refractivity contribution < 1.29 is 14.3 Å². The van der Waals surface area contributed by atoms with Crippen LogP contribution in [0, 0.1) is 0 Å². The fourth-order valence-corrected chi connectivity index (χ4v) is 3.21. The highest BCUT2D eigenvalue weighted by atomic mass is 16.5. The molecule has 0 spiro atoms. The number of hydrogen-bond donors (Lipinski definition) is 1. The Morgan fingerprint density at radius 2 is 1.63 bits per heavy atom. The second kappa shape index (κ2) is 8.99. The third kappa shape index (κ3) is 4.73. The van der Waals surface area contributed by atoms with Gasteiger partial charge < -0.3 is 10.1 Å². The first-order valence-corrected chi connectivity index (χ1v) is 9.09. The van der Waals surface area contributed by atoms with Gasteiger partial charge >= 0.3 is 5.97 Å². The van der Waals surface area contributed by atoms with Crippen molar-refractivity contribution >= 4 is 22.6 Å². The SMILES string of the molecule is COC(=O)[C@H](CCCc1ccccc1)NC(=O)c1cccc2ccccc12. The summed E-state index contributed by atoms with van der Waals surface area (Å²) in [5, 5.41) is 4.70. The number of amides is 1. The Morgan fingerprint density at radius 1 is 0.926 bits per heavy atom. The molecule has 0 fully saturated rings. The van der Waals surface area contributed by atoms with Gasteiger partial charge in [-0.2, -0.15) is 0 Å². The van der Waals surface area contributed by atoms with Crippen molar-refractivity contribution in [1.29, 1.82) is 0 Å². The third-order valence-corrected chi connectivity index (χ3v) is 4.63. The van der Waals surface area contributed by atoms with Gasteiger partial charge in [0.2, 0.25) is 0 Å². The second-order valence-electron chi connectivity index (χ2n) is 6.45. The first-order valence-electron chi connectivity index (χ1n) is 9.09. The van der Waals surface area contributed by atoms with E-state index in [1.54, 1.807) is 6.07 Å². The maximum atomic E-state index is 12.8. The lowest BCUT2D eigenvalue weighted by Crippen LogP contribution is -2.41. The van der Waals surface area contributed by atoms with E-state index in [-0.39, 0.29) is 5.91 Å². The minimum Gasteiger partial charge on any atom is -0.467 e. The zero-order chi connectivity index (χ0) is 19.1. The maximum absolute atomic E-state index is 12.8. The van der Waals surface area contributed by atoms with Crippen LogP contribution in [0.2, 0.25) is 0 Å². The highest BCUT2D eigenvalue weighted by Gasteiger charge is 2.22. The molecule has 27 heavy (non-hydrogen) atoms. The van der Waals surface area contributed by atoms with Crippen LogP contribution in [0.3, 0.4) is 0 Å². The molecule has 0 unspecified atom stereocenters. The molecule has 0 radical (unpaired) electrons. The zero-order valence-corrected chi connectivity index (χ0v) is 15.4. The van der Waals surface area contributed by atoms with Gasteiger partial charge in [0.1, 0.15) is 6.04 Å². The molecule has 0 saturated heterocycles. The van der Waals surface area contributed by atoms with Gasteiger partial charge in [-0.25, -0.2) is 4.79 Å². The molecule has 0 bridgehead atoms. The van der Waals surface area contributed by atoms with Crippen LogP contribution >= 0.6 is 0 Å². The number of aryl methyl sites for hydroxylation is 1. The molecular weight excluding hydrogens is 338 g/mol.